The zero-order chi connectivity index (χ0) is 16.9. The summed E-state index contributed by atoms with van der Waals surface area (Å²) in [5.41, 5.74) is 2.52. The topological polar surface area (TPSA) is 77.2 Å². The lowest BCUT2D eigenvalue weighted by Gasteiger charge is -2.08. The summed E-state index contributed by atoms with van der Waals surface area (Å²) in [4.78, 5) is 12.0. The average Bonchev–Trinajstić information content (AvgIpc) is 3.01. The van der Waals surface area contributed by atoms with Gasteiger partial charge in [-0.2, -0.15) is 0 Å². The standard InChI is InChI=1S/C18H17N3O3/c1-12-6-8-16(9-7-12)23-11-17(22)19-15-5-3-4-14(10-15)18-21-20-13(2)24-18/h3-10H,11H2,1-2H3,(H,19,22). The van der Waals surface area contributed by atoms with Gasteiger partial charge in [0.25, 0.3) is 5.91 Å². The molecule has 2 aromatic carbocycles. The third-order valence-electron chi connectivity index (χ3n) is 3.31. The number of rotatable bonds is 5. The highest BCUT2D eigenvalue weighted by Crippen LogP contribution is 2.21. The van der Waals surface area contributed by atoms with E-state index in [0.29, 0.717) is 23.2 Å². The molecule has 1 aromatic heterocycles. The SMILES string of the molecule is Cc1ccc(OCC(=O)Nc2cccc(-c3nnc(C)o3)c2)cc1. The minimum absolute atomic E-state index is 0.0625. The number of aryl methyl sites for hydroxylation is 2. The number of carbonyl (C=O) groups is 1. The van der Waals surface area contributed by atoms with Crippen molar-refractivity contribution in [2.75, 3.05) is 11.9 Å². The van der Waals surface area contributed by atoms with Crippen LogP contribution in [-0.2, 0) is 4.79 Å². The van der Waals surface area contributed by atoms with Gasteiger partial charge in [-0.3, -0.25) is 4.79 Å². The van der Waals surface area contributed by atoms with E-state index in [0.717, 1.165) is 11.1 Å². The minimum atomic E-state index is -0.241. The Kier molecular flexibility index (Phi) is 4.56. The van der Waals surface area contributed by atoms with Gasteiger partial charge in [0.2, 0.25) is 11.8 Å². The van der Waals surface area contributed by atoms with Crippen molar-refractivity contribution in [2.45, 2.75) is 13.8 Å². The maximum Gasteiger partial charge on any atom is 0.262 e. The first-order valence-corrected chi connectivity index (χ1v) is 7.50. The van der Waals surface area contributed by atoms with Crippen LogP contribution < -0.4 is 10.1 Å². The van der Waals surface area contributed by atoms with E-state index in [2.05, 4.69) is 15.5 Å². The van der Waals surface area contributed by atoms with Crippen LogP contribution in [0.25, 0.3) is 11.5 Å². The smallest absolute Gasteiger partial charge is 0.262 e. The molecular weight excluding hydrogens is 306 g/mol. The van der Waals surface area contributed by atoms with Crippen LogP contribution in [0.3, 0.4) is 0 Å². The molecule has 6 heteroatoms. The van der Waals surface area contributed by atoms with E-state index in [1.54, 1.807) is 19.1 Å². The minimum Gasteiger partial charge on any atom is -0.484 e. The maximum atomic E-state index is 12.0. The normalized spacial score (nSPS) is 10.4. The fourth-order valence-corrected chi connectivity index (χ4v) is 2.12. The third-order valence-corrected chi connectivity index (χ3v) is 3.31. The van der Waals surface area contributed by atoms with Crippen molar-refractivity contribution in [3.05, 3.63) is 60.0 Å². The Hall–Kier alpha value is -3.15. The van der Waals surface area contributed by atoms with Gasteiger partial charge in [0, 0.05) is 18.2 Å². The maximum absolute atomic E-state index is 12.0. The van der Waals surface area contributed by atoms with Crippen molar-refractivity contribution in [2.24, 2.45) is 0 Å². The van der Waals surface area contributed by atoms with Crippen LogP contribution in [0, 0.1) is 13.8 Å². The van der Waals surface area contributed by atoms with Gasteiger partial charge in [-0.25, -0.2) is 0 Å². The molecule has 1 N–H and O–H groups in total. The second-order valence-electron chi connectivity index (χ2n) is 5.36. The highest BCUT2D eigenvalue weighted by Gasteiger charge is 2.08. The van der Waals surface area contributed by atoms with Gasteiger partial charge >= 0.3 is 0 Å². The molecule has 1 heterocycles. The van der Waals surface area contributed by atoms with Crippen molar-refractivity contribution in [1.82, 2.24) is 10.2 Å². The van der Waals surface area contributed by atoms with Crippen molar-refractivity contribution >= 4 is 11.6 Å². The summed E-state index contributed by atoms with van der Waals surface area (Å²) in [6.45, 7) is 3.66. The summed E-state index contributed by atoms with van der Waals surface area (Å²) in [5, 5.41) is 10.6. The summed E-state index contributed by atoms with van der Waals surface area (Å²) in [7, 11) is 0. The van der Waals surface area contributed by atoms with Crippen LogP contribution in [0.2, 0.25) is 0 Å². The summed E-state index contributed by atoms with van der Waals surface area (Å²) < 4.78 is 10.8. The molecule has 0 saturated carbocycles. The first-order valence-electron chi connectivity index (χ1n) is 7.50. The first kappa shape index (κ1) is 15.7. The number of amides is 1. The Morgan fingerprint density at radius 3 is 2.62 bits per heavy atom. The first-order chi connectivity index (χ1) is 11.6. The van der Waals surface area contributed by atoms with Crippen molar-refractivity contribution in [3.8, 4) is 17.2 Å². The lowest BCUT2D eigenvalue weighted by atomic mass is 10.2. The van der Waals surface area contributed by atoms with Gasteiger partial charge in [0.05, 0.1) is 0 Å². The third kappa shape index (κ3) is 3.98. The summed E-state index contributed by atoms with van der Waals surface area (Å²) in [6.07, 6.45) is 0. The quantitative estimate of drug-likeness (QED) is 0.779. The monoisotopic (exact) mass is 323 g/mol. The van der Waals surface area contributed by atoms with E-state index in [9.17, 15) is 4.79 Å². The summed E-state index contributed by atoms with van der Waals surface area (Å²) in [5.74, 6) is 1.32. The molecule has 0 unspecified atom stereocenters. The fourth-order valence-electron chi connectivity index (χ4n) is 2.12. The number of benzene rings is 2. The van der Waals surface area contributed by atoms with Gasteiger partial charge in [-0.05, 0) is 37.3 Å². The van der Waals surface area contributed by atoms with E-state index in [-0.39, 0.29) is 12.5 Å². The molecule has 6 nitrogen and oxygen atoms in total. The summed E-state index contributed by atoms with van der Waals surface area (Å²) >= 11 is 0. The molecule has 3 aromatic rings. The molecule has 0 spiro atoms. The van der Waals surface area contributed by atoms with Gasteiger partial charge in [0.15, 0.2) is 6.61 Å². The molecule has 0 aliphatic rings. The number of nitrogens with one attached hydrogen (secondary N) is 1. The Labute approximate surface area is 139 Å². The van der Waals surface area contributed by atoms with Crippen LogP contribution in [-0.4, -0.2) is 22.7 Å². The van der Waals surface area contributed by atoms with Crippen LogP contribution >= 0.6 is 0 Å². The average molecular weight is 323 g/mol. The molecule has 24 heavy (non-hydrogen) atoms. The van der Waals surface area contributed by atoms with E-state index in [4.69, 9.17) is 9.15 Å². The molecule has 3 rings (SSSR count). The molecular formula is C18H17N3O3. The molecule has 0 saturated heterocycles. The number of aromatic nitrogens is 2. The van der Waals surface area contributed by atoms with Gasteiger partial charge < -0.3 is 14.5 Å². The van der Waals surface area contributed by atoms with Gasteiger partial charge in [-0.15, -0.1) is 10.2 Å². The molecule has 0 radical (unpaired) electrons. The molecule has 0 fully saturated rings. The van der Waals surface area contributed by atoms with Crippen LogP contribution in [0.5, 0.6) is 5.75 Å². The number of hydrogen-bond donors (Lipinski definition) is 1. The van der Waals surface area contributed by atoms with E-state index in [1.807, 2.05) is 43.3 Å². The number of nitrogens with zero attached hydrogens (tertiary/aromatic N) is 2. The van der Waals surface area contributed by atoms with Crippen molar-refractivity contribution < 1.29 is 13.9 Å². The van der Waals surface area contributed by atoms with Crippen LogP contribution in [0.1, 0.15) is 11.5 Å². The summed E-state index contributed by atoms with van der Waals surface area (Å²) in [6, 6.07) is 14.7. The lowest BCUT2D eigenvalue weighted by Crippen LogP contribution is -2.20. The number of ether oxygens (including phenoxy) is 1. The number of anilines is 1. The predicted molar refractivity (Wildman–Crippen MR) is 89.8 cm³/mol. The Morgan fingerprint density at radius 2 is 1.92 bits per heavy atom. The van der Waals surface area contributed by atoms with Crippen molar-refractivity contribution in [3.63, 3.8) is 0 Å². The van der Waals surface area contributed by atoms with Crippen molar-refractivity contribution in [1.29, 1.82) is 0 Å². The predicted octanol–water partition coefficient (Wildman–Crippen LogP) is 3.37. The van der Waals surface area contributed by atoms with E-state index in [1.165, 1.54) is 0 Å². The second kappa shape index (κ2) is 6.95. The second-order valence-corrected chi connectivity index (χ2v) is 5.36. The van der Waals surface area contributed by atoms with Gasteiger partial charge in [0.1, 0.15) is 5.75 Å². The lowest BCUT2D eigenvalue weighted by molar-refractivity contribution is -0.118. The van der Waals surface area contributed by atoms with Crippen LogP contribution in [0.4, 0.5) is 5.69 Å². The zero-order valence-electron chi connectivity index (χ0n) is 13.4. The number of carbonyl (C=O) groups excluding carboxylic acids is 1. The highest BCUT2D eigenvalue weighted by atomic mass is 16.5. The molecule has 1 amide bonds. The Balaban J connectivity index is 1.61. The highest BCUT2D eigenvalue weighted by molar-refractivity contribution is 5.92. The molecule has 0 aliphatic heterocycles. The van der Waals surface area contributed by atoms with Crippen LogP contribution in [0.15, 0.2) is 52.9 Å². The fraction of sp³-hybridized carbons (Fsp3) is 0.167. The zero-order valence-corrected chi connectivity index (χ0v) is 13.4. The largest absolute Gasteiger partial charge is 0.484 e. The van der Waals surface area contributed by atoms with E-state index < -0.39 is 0 Å². The number of hydrogen-bond acceptors (Lipinski definition) is 5. The Morgan fingerprint density at radius 1 is 1.12 bits per heavy atom. The molecule has 0 atom stereocenters. The Bertz CT molecular complexity index is 841. The molecule has 122 valence electrons. The molecule has 0 aliphatic carbocycles. The molecule has 0 bridgehead atoms. The van der Waals surface area contributed by atoms with E-state index >= 15 is 0 Å². The van der Waals surface area contributed by atoms with Gasteiger partial charge in [-0.1, -0.05) is 23.8 Å².